The second-order valence-corrected chi connectivity index (χ2v) is 5.62. The quantitative estimate of drug-likeness (QED) is 0.831. The molecule has 0 bridgehead atoms. The molecule has 1 N–H and O–H groups in total. The number of amides is 1. The Bertz CT molecular complexity index is 729. The molecule has 0 atom stereocenters. The number of hydrogen-bond donors (Lipinski definition) is 1. The number of esters is 1. The summed E-state index contributed by atoms with van der Waals surface area (Å²) in [4.78, 5) is 26.2. The number of nitrogens with one attached hydrogen (secondary N) is 1. The zero-order valence-electron chi connectivity index (χ0n) is 12.5. The first kappa shape index (κ1) is 17.9. The molecule has 128 valence electrons. The number of aromatic nitrogens is 1. The van der Waals surface area contributed by atoms with Crippen LogP contribution in [0.2, 0.25) is 0 Å². The van der Waals surface area contributed by atoms with E-state index in [2.05, 4.69) is 15.0 Å². The molecule has 1 aromatic carbocycles. The highest BCUT2D eigenvalue weighted by Crippen LogP contribution is 2.36. The summed E-state index contributed by atoms with van der Waals surface area (Å²) in [5.74, 6) is -1.65. The maximum absolute atomic E-state index is 13.0. The topological polar surface area (TPSA) is 68.3 Å². The van der Waals surface area contributed by atoms with E-state index in [1.807, 2.05) is 0 Å². The summed E-state index contributed by atoms with van der Waals surface area (Å²) in [6.07, 6.45) is -4.84. The Balaban J connectivity index is 2.18. The van der Waals surface area contributed by atoms with Crippen LogP contribution in [0.5, 0.6) is 0 Å². The second kappa shape index (κ2) is 7.43. The van der Waals surface area contributed by atoms with Gasteiger partial charge in [-0.25, -0.2) is 9.78 Å². The molecule has 0 aliphatic heterocycles. The first-order valence-corrected chi connectivity index (χ1v) is 7.71. The number of nitrogens with zero attached hydrogens (tertiary/aromatic N) is 1. The van der Waals surface area contributed by atoms with Crippen molar-refractivity contribution in [2.24, 2.45) is 0 Å². The van der Waals surface area contributed by atoms with E-state index in [0.29, 0.717) is 16.9 Å². The van der Waals surface area contributed by atoms with Gasteiger partial charge in [0.15, 0.2) is 10.8 Å². The van der Waals surface area contributed by atoms with Gasteiger partial charge in [-0.2, -0.15) is 13.2 Å². The molecule has 24 heavy (non-hydrogen) atoms. The molecule has 1 amide bonds. The lowest BCUT2D eigenvalue weighted by Gasteiger charge is -2.05. The van der Waals surface area contributed by atoms with Crippen LogP contribution >= 0.6 is 11.3 Å². The van der Waals surface area contributed by atoms with Crippen molar-refractivity contribution in [3.63, 3.8) is 0 Å². The van der Waals surface area contributed by atoms with Crippen molar-refractivity contribution in [3.8, 4) is 0 Å². The van der Waals surface area contributed by atoms with Crippen LogP contribution in [0.4, 0.5) is 18.3 Å². The van der Waals surface area contributed by atoms with Crippen LogP contribution in [0.1, 0.15) is 27.9 Å². The van der Waals surface area contributed by atoms with E-state index in [9.17, 15) is 22.8 Å². The number of thiazole rings is 1. The highest BCUT2D eigenvalue weighted by Gasteiger charge is 2.40. The number of rotatable bonds is 5. The van der Waals surface area contributed by atoms with Crippen LogP contribution in [0.3, 0.4) is 0 Å². The van der Waals surface area contributed by atoms with Crippen molar-refractivity contribution in [1.29, 1.82) is 0 Å². The van der Waals surface area contributed by atoms with E-state index >= 15 is 0 Å². The molecule has 0 unspecified atom stereocenters. The van der Waals surface area contributed by atoms with E-state index in [-0.39, 0.29) is 18.2 Å². The zero-order valence-corrected chi connectivity index (χ0v) is 13.3. The highest BCUT2D eigenvalue weighted by atomic mass is 32.1. The molecule has 0 radical (unpaired) electrons. The lowest BCUT2D eigenvalue weighted by atomic mass is 10.1. The Kier molecular flexibility index (Phi) is 5.55. The molecule has 0 saturated carbocycles. The Labute approximate surface area is 139 Å². The molecule has 5 nitrogen and oxygen atoms in total. The van der Waals surface area contributed by atoms with Crippen LogP contribution < -0.4 is 5.32 Å². The summed E-state index contributed by atoms with van der Waals surface area (Å²) in [6.45, 7) is 1.42. The maximum atomic E-state index is 13.0. The van der Waals surface area contributed by atoms with Crippen molar-refractivity contribution in [2.45, 2.75) is 19.5 Å². The SMILES string of the molecule is CCOC(=O)c1sc(NC(=O)Cc2ccccc2)nc1C(F)(F)F. The highest BCUT2D eigenvalue weighted by molar-refractivity contribution is 7.17. The number of carbonyl (C=O) groups is 2. The van der Waals surface area contributed by atoms with Crippen molar-refractivity contribution in [1.82, 2.24) is 4.98 Å². The standard InChI is InChI=1S/C15H13F3N2O3S/c1-2-23-13(22)11-12(15(16,17)18)20-14(24-11)19-10(21)8-9-6-4-3-5-7-9/h3-7H,2,8H2,1H3,(H,19,20,21). The molecular formula is C15H13F3N2O3S. The van der Waals surface area contributed by atoms with Crippen molar-refractivity contribution in [3.05, 3.63) is 46.5 Å². The molecule has 9 heteroatoms. The van der Waals surface area contributed by atoms with Crippen LogP contribution in [-0.2, 0) is 22.1 Å². The number of hydrogen-bond acceptors (Lipinski definition) is 5. The summed E-state index contributed by atoms with van der Waals surface area (Å²) in [7, 11) is 0. The predicted octanol–water partition coefficient (Wildman–Crippen LogP) is 3.52. The van der Waals surface area contributed by atoms with E-state index in [0.717, 1.165) is 0 Å². The fourth-order valence-corrected chi connectivity index (χ4v) is 2.74. The van der Waals surface area contributed by atoms with Crippen molar-refractivity contribution < 1.29 is 27.5 Å². The average Bonchev–Trinajstić information content (AvgIpc) is 2.92. The van der Waals surface area contributed by atoms with Crippen LogP contribution in [-0.4, -0.2) is 23.5 Å². The molecular weight excluding hydrogens is 345 g/mol. The second-order valence-electron chi connectivity index (χ2n) is 4.63. The third-order valence-corrected chi connectivity index (χ3v) is 3.76. The van der Waals surface area contributed by atoms with Gasteiger partial charge in [-0.1, -0.05) is 41.7 Å². The molecule has 0 spiro atoms. The minimum absolute atomic E-state index is 0.0174. The normalized spacial score (nSPS) is 11.2. The Hall–Kier alpha value is -2.42. The number of carbonyl (C=O) groups excluding carboxylic acids is 2. The van der Waals surface area contributed by atoms with Gasteiger partial charge >= 0.3 is 12.1 Å². The molecule has 0 aliphatic rings. The summed E-state index contributed by atoms with van der Waals surface area (Å²) in [5.41, 5.74) is -0.658. The van der Waals surface area contributed by atoms with E-state index < -0.39 is 28.6 Å². The molecule has 0 aliphatic carbocycles. The van der Waals surface area contributed by atoms with Crippen molar-refractivity contribution in [2.75, 3.05) is 11.9 Å². The van der Waals surface area contributed by atoms with E-state index in [4.69, 9.17) is 0 Å². The van der Waals surface area contributed by atoms with Gasteiger partial charge in [0.25, 0.3) is 0 Å². The third kappa shape index (κ3) is 4.54. The number of halogens is 3. The molecule has 2 aromatic rings. The number of anilines is 1. The van der Waals surface area contributed by atoms with Crippen LogP contribution in [0, 0.1) is 0 Å². The molecule has 0 saturated heterocycles. The van der Waals surface area contributed by atoms with Gasteiger partial charge in [-0.3, -0.25) is 4.79 Å². The third-order valence-electron chi connectivity index (χ3n) is 2.81. The minimum atomic E-state index is -4.82. The minimum Gasteiger partial charge on any atom is -0.462 e. The summed E-state index contributed by atoms with van der Waals surface area (Å²) >= 11 is 0.436. The summed E-state index contributed by atoms with van der Waals surface area (Å²) < 4.78 is 43.5. The Morgan fingerprint density at radius 3 is 2.50 bits per heavy atom. The monoisotopic (exact) mass is 358 g/mol. The van der Waals surface area contributed by atoms with Gasteiger partial charge < -0.3 is 10.1 Å². The van der Waals surface area contributed by atoms with Crippen molar-refractivity contribution >= 4 is 28.3 Å². The Morgan fingerprint density at radius 1 is 1.25 bits per heavy atom. The lowest BCUT2D eigenvalue weighted by molar-refractivity contribution is -0.141. The Morgan fingerprint density at radius 2 is 1.92 bits per heavy atom. The molecule has 2 rings (SSSR count). The number of ether oxygens (including phenoxy) is 1. The number of alkyl halides is 3. The van der Waals surface area contributed by atoms with Crippen LogP contribution in [0.15, 0.2) is 30.3 Å². The smallest absolute Gasteiger partial charge is 0.435 e. The van der Waals surface area contributed by atoms with Gasteiger partial charge in [0.1, 0.15) is 4.88 Å². The fourth-order valence-electron chi connectivity index (χ4n) is 1.85. The lowest BCUT2D eigenvalue weighted by Crippen LogP contribution is -2.15. The van der Waals surface area contributed by atoms with Crippen LogP contribution in [0.25, 0.3) is 0 Å². The number of benzene rings is 1. The maximum Gasteiger partial charge on any atom is 0.435 e. The van der Waals surface area contributed by atoms with Gasteiger partial charge in [-0.05, 0) is 12.5 Å². The van der Waals surface area contributed by atoms with Gasteiger partial charge in [0, 0.05) is 0 Å². The van der Waals surface area contributed by atoms with E-state index in [1.54, 1.807) is 30.3 Å². The van der Waals surface area contributed by atoms with E-state index in [1.165, 1.54) is 6.92 Å². The van der Waals surface area contributed by atoms with Gasteiger partial charge in [0.2, 0.25) is 5.91 Å². The fraction of sp³-hybridized carbons (Fsp3) is 0.267. The first-order chi connectivity index (χ1) is 11.3. The average molecular weight is 358 g/mol. The first-order valence-electron chi connectivity index (χ1n) is 6.90. The summed E-state index contributed by atoms with van der Waals surface area (Å²) in [5, 5.41) is 1.98. The molecule has 0 fully saturated rings. The molecule has 1 aromatic heterocycles. The largest absolute Gasteiger partial charge is 0.462 e. The zero-order chi connectivity index (χ0) is 17.7. The van der Waals surface area contributed by atoms with Gasteiger partial charge in [-0.15, -0.1) is 0 Å². The predicted molar refractivity (Wildman–Crippen MR) is 81.8 cm³/mol. The summed E-state index contributed by atoms with van der Waals surface area (Å²) in [6, 6.07) is 8.70. The molecule has 1 heterocycles. The van der Waals surface area contributed by atoms with Gasteiger partial charge in [0.05, 0.1) is 13.0 Å².